The van der Waals surface area contributed by atoms with Crippen molar-refractivity contribution in [1.29, 1.82) is 0 Å². The lowest BCUT2D eigenvalue weighted by Crippen LogP contribution is -2.60. The van der Waals surface area contributed by atoms with Crippen molar-refractivity contribution in [3.05, 3.63) is 41.7 Å². The molecule has 2 saturated heterocycles. The fourth-order valence-electron chi connectivity index (χ4n) is 4.50. The van der Waals surface area contributed by atoms with E-state index in [1.165, 1.54) is 0 Å². The van der Waals surface area contributed by atoms with Gasteiger partial charge in [0.15, 0.2) is 6.29 Å². The van der Waals surface area contributed by atoms with E-state index >= 15 is 0 Å². The summed E-state index contributed by atoms with van der Waals surface area (Å²) in [7, 11) is 0. The number of rotatable bonds is 3. The first-order chi connectivity index (χ1) is 13.3. The Bertz CT molecular complexity index is 880. The zero-order chi connectivity index (χ0) is 19.9. The van der Waals surface area contributed by atoms with Crippen LogP contribution in [0.5, 0.6) is 0 Å². The molecule has 28 heavy (non-hydrogen) atoms. The number of piperidine rings is 1. The monoisotopic (exact) mass is 383 g/mol. The molecule has 0 aromatic carbocycles. The summed E-state index contributed by atoms with van der Waals surface area (Å²) in [6.45, 7) is 10.1. The van der Waals surface area contributed by atoms with Crippen LogP contribution in [0.25, 0.3) is 5.52 Å². The Labute approximate surface area is 166 Å². The molecule has 1 spiro atoms. The average Bonchev–Trinajstić information content (AvgIpc) is 2.97. The summed E-state index contributed by atoms with van der Waals surface area (Å²) in [5.74, 6) is 0. The Morgan fingerprint density at radius 1 is 1.21 bits per heavy atom. The highest BCUT2D eigenvalue weighted by atomic mass is 16.6. The van der Waals surface area contributed by atoms with Gasteiger partial charge in [0.05, 0.1) is 0 Å². The van der Waals surface area contributed by atoms with Crippen LogP contribution in [0.1, 0.15) is 49.7 Å². The van der Waals surface area contributed by atoms with E-state index in [0.29, 0.717) is 5.41 Å². The van der Waals surface area contributed by atoms with E-state index in [2.05, 4.69) is 9.30 Å². The molecular weight excluding hydrogens is 354 g/mol. The highest BCUT2D eigenvalue weighted by Gasteiger charge is 2.45. The molecule has 6 nitrogen and oxygen atoms in total. The van der Waals surface area contributed by atoms with Crippen LogP contribution in [0.15, 0.2) is 30.5 Å². The van der Waals surface area contributed by atoms with Crippen molar-refractivity contribution in [2.45, 2.75) is 45.8 Å². The first kappa shape index (κ1) is 19.0. The second kappa shape index (κ2) is 6.92. The van der Waals surface area contributed by atoms with E-state index in [1.807, 2.05) is 56.1 Å². The first-order valence-electron chi connectivity index (χ1n) is 10.0. The summed E-state index contributed by atoms with van der Waals surface area (Å²) in [5.41, 5.74) is 2.74. The number of ether oxygens (including phenoxy) is 1. The number of hydrogen-bond acceptors (Lipinski definition) is 4. The summed E-state index contributed by atoms with van der Waals surface area (Å²) in [4.78, 5) is 28.0. The minimum atomic E-state index is -0.449. The zero-order valence-electron chi connectivity index (χ0n) is 17.0. The zero-order valence-corrected chi connectivity index (χ0v) is 17.0. The van der Waals surface area contributed by atoms with Gasteiger partial charge >= 0.3 is 6.09 Å². The Kier molecular flexibility index (Phi) is 4.70. The number of pyridine rings is 1. The van der Waals surface area contributed by atoms with Crippen LogP contribution in [0.3, 0.4) is 0 Å². The quantitative estimate of drug-likeness (QED) is 0.760. The molecule has 6 heteroatoms. The van der Waals surface area contributed by atoms with E-state index in [1.54, 1.807) is 0 Å². The number of carbonyl (C=O) groups excluding carboxylic acids is 2. The smallest absolute Gasteiger partial charge is 0.410 e. The van der Waals surface area contributed by atoms with Crippen LogP contribution in [0, 0.1) is 5.41 Å². The number of nitrogens with zero attached hydrogens (tertiary/aromatic N) is 3. The van der Waals surface area contributed by atoms with E-state index in [0.717, 1.165) is 68.6 Å². The highest BCUT2D eigenvalue weighted by Crippen LogP contribution is 2.41. The molecule has 0 saturated carbocycles. The summed E-state index contributed by atoms with van der Waals surface area (Å²) in [5, 5.41) is 0. The third-order valence-electron chi connectivity index (χ3n) is 5.91. The highest BCUT2D eigenvalue weighted by molar-refractivity contribution is 5.80. The molecule has 2 aliphatic rings. The van der Waals surface area contributed by atoms with Crippen molar-refractivity contribution in [3.8, 4) is 0 Å². The number of hydrogen-bond donors (Lipinski definition) is 0. The van der Waals surface area contributed by atoms with Gasteiger partial charge < -0.3 is 14.0 Å². The first-order valence-corrected chi connectivity index (χ1v) is 10.0. The van der Waals surface area contributed by atoms with Crippen molar-refractivity contribution >= 4 is 17.9 Å². The second-order valence-electron chi connectivity index (χ2n) is 9.27. The lowest BCUT2D eigenvalue weighted by atomic mass is 9.72. The predicted octanol–water partition coefficient (Wildman–Crippen LogP) is 3.58. The van der Waals surface area contributed by atoms with Gasteiger partial charge in [-0.1, -0.05) is 6.07 Å². The third kappa shape index (κ3) is 3.65. The molecule has 0 atom stereocenters. The van der Waals surface area contributed by atoms with Crippen molar-refractivity contribution in [3.63, 3.8) is 0 Å². The van der Waals surface area contributed by atoms with Crippen LogP contribution >= 0.6 is 0 Å². The maximum Gasteiger partial charge on any atom is 0.410 e. The molecule has 0 bridgehead atoms. The summed E-state index contributed by atoms with van der Waals surface area (Å²) < 4.78 is 7.61. The molecule has 0 radical (unpaired) electrons. The molecule has 150 valence electrons. The van der Waals surface area contributed by atoms with E-state index < -0.39 is 5.60 Å². The van der Waals surface area contributed by atoms with Crippen LogP contribution in [0.2, 0.25) is 0 Å². The standard InChI is InChI=1S/C22H29N3O3/c1-21(2,3)28-20(27)24-10-7-22(8-11-24)15-23(16-22)13-19-17(14-26)12-18-6-4-5-9-25(18)19/h4-6,9,12,14H,7-8,10-11,13,15-16H2,1-3H3. The van der Waals surface area contributed by atoms with Gasteiger partial charge in [0.25, 0.3) is 0 Å². The number of carbonyl (C=O) groups is 2. The molecule has 1 amide bonds. The van der Waals surface area contributed by atoms with Crippen molar-refractivity contribution < 1.29 is 14.3 Å². The fourth-order valence-corrected chi connectivity index (χ4v) is 4.50. The number of amides is 1. The third-order valence-corrected chi connectivity index (χ3v) is 5.91. The molecule has 0 unspecified atom stereocenters. The van der Waals surface area contributed by atoms with E-state index in [9.17, 15) is 9.59 Å². The van der Waals surface area contributed by atoms with Gasteiger partial charge in [-0.25, -0.2) is 4.79 Å². The summed E-state index contributed by atoms with van der Waals surface area (Å²) >= 11 is 0. The fraction of sp³-hybridized carbons (Fsp3) is 0.545. The minimum Gasteiger partial charge on any atom is -0.444 e. The van der Waals surface area contributed by atoms with Gasteiger partial charge in [-0.2, -0.15) is 0 Å². The number of likely N-dealkylation sites (tertiary alicyclic amines) is 2. The van der Waals surface area contributed by atoms with Gasteiger partial charge in [-0.05, 0) is 57.2 Å². The van der Waals surface area contributed by atoms with Gasteiger partial charge in [0, 0.05) is 55.7 Å². The molecule has 4 heterocycles. The maximum absolute atomic E-state index is 12.3. The van der Waals surface area contributed by atoms with Gasteiger partial charge in [0.2, 0.25) is 0 Å². The molecule has 2 fully saturated rings. The number of aldehydes is 1. The molecule has 0 aliphatic carbocycles. The van der Waals surface area contributed by atoms with Crippen LogP contribution in [-0.2, 0) is 11.3 Å². The molecular formula is C22H29N3O3. The topological polar surface area (TPSA) is 54.3 Å². The number of fused-ring (bicyclic) bond motifs is 1. The summed E-state index contributed by atoms with van der Waals surface area (Å²) in [6, 6.07) is 7.97. The van der Waals surface area contributed by atoms with Crippen molar-refractivity contribution in [1.82, 2.24) is 14.2 Å². The van der Waals surface area contributed by atoms with Gasteiger partial charge in [0.1, 0.15) is 5.60 Å². The second-order valence-corrected chi connectivity index (χ2v) is 9.27. The molecule has 4 rings (SSSR count). The van der Waals surface area contributed by atoms with Crippen molar-refractivity contribution in [2.75, 3.05) is 26.2 Å². The number of aromatic nitrogens is 1. The Hall–Kier alpha value is -2.34. The lowest BCUT2D eigenvalue weighted by Gasteiger charge is -2.54. The Morgan fingerprint density at radius 3 is 2.57 bits per heavy atom. The maximum atomic E-state index is 12.3. The largest absolute Gasteiger partial charge is 0.444 e. The lowest BCUT2D eigenvalue weighted by molar-refractivity contribution is -0.0556. The predicted molar refractivity (Wildman–Crippen MR) is 108 cm³/mol. The van der Waals surface area contributed by atoms with Gasteiger partial charge in [-0.3, -0.25) is 9.69 Å². The van der Waals surface area contributed by atoms with Crippen molar-refractivity contribution in [2.24, 2.45) is 5.41 Å². The summed E-state index contributed by atoms with van der Waals surface area (Å²) in [6.07, 6.45) is 4.80. The molecule has 2 aromatic rings. The minimum absolute atomic E-state index is 0.200. The van der Waals surface area contributed by atoms with Crippen LogP contribution in [-0.4, -0.2) is 58.4 Å². The van der Waals surface area contributed by atoms with E-state index in [4.69, 9.17) is 4.74 Å². The average molecular weight is 383 g/mol. The SMILES string of the molecule is CC(C)(C)OC(=O)N1CCC2(CC1)CN(Cc1c(C=O)cc3ccccn13)C2. The molecule has 2 aliphatic heterocycles. The normalized spacial score (nSPS) is 19.6. The Morgan fingerprint density at radius 2 is 1.93 bits per heavy atom. The van der Waals surface area contributed by atoms with E-state index in [-0.39, 0.29) is 6.09 Å². The van der Waals surface area contributed by atoms with Crippen LogP contribution < -0.4 is 0 Å². The van der Waals surface area contributed by atoms with Gasteiger partial charge in [-0.15, -0.1) is 0 Å². The van der Waals surface area contributed by atoms with Crippen LogP contribution in [0.4, 0.5) is 4.79 Å². The Balaban J connectivity index is 1.35. The molecule has 0 N–H and O–H groups in total. The molecule has 2 aromatic heterocycles.